The van der Waals surface area contributed by atoms with E-state index in [1.165, 1.54) is 12.1 Å². The second-order valence-corrected chi connectivity index (χ2v) is 7.54. The van der Waals surface area contributed by atoms with Crippen LogP contribution in [-0.2, 0) is 6.54 Å². The number of hydrogen-bond donors (Lipinski definition) is 0. The standard InChI is InChI=1S/C23H34N2O5/c1-4-7-10-11-14-24-20-17-18(25(27)28)12-13-19(20)21(29-15-8-5-2)22(23(24)26)30-16-9-6-3/h12-13,17H,4-11,14-16H2,1-3H3. The van der Waals surface area contributed by atoms with Gasteiger partial charge in [0.15, 0.2) is 5.75 Å². The Hall–Kier alpha value is -2.57. The summed E-state index contributed by atoms with van der Waals surface area (Å²) in [5.74, 6) is 0.621. The van der Waals surface area contributed by atoms with Crippen molar-refractivity contribution in [3.05, 3.63) is 38.7 Å². The van der Waals surface area contributed by atoms with Crippen LogP contribution < -0.4 is 15.0 Å². The number of pyridine rings is 1. The summed E-state index contributed by atoms with van der Waals surface area (Å²) in [4.78, 5) is 24.3. The lowest BCUT2D eigenvalue weighted by atomic mass is 10.1. The Morgan fingerprint density at radius 1 is 0.900 bits per heavy atom. The number of aromatic nitrogens is 1. The summed E-state index contributed by atoms with van der Waals surface area (Å²) < 4.78 is 13.5. The molecule has 2 rings (SSSR count). The predicted octanol–water partition coefficient (Wildman–Crippen LogP) is 5.85. The molecule has 0 aliphatic heterocycles. The summed E-state index contributed by atoms with van der Waals surface area (Å²) in [6, 6.07) is 4.60. The molecule has 0 N–H and O–H groups in total. The molecule has 0 saturated heterocycles. The predicted molar refractivity (Wildman–Crippen MR) is 120 cm³/mol. The lowest BCUT2D eigenvalue weighted by Crippen LogP contribution is -2.24. The highest BCUT2D eigenvalue weighted by molar-refractivity contribution is 5.89. The first-order chi connectivity index (χ1) is 14.5. The van der Waals surface area contributed by atoms with E-state index in [-0.39, 0.29) is 17.0 Å². The molecule has 0 fully saturated rings. The Kier molecular flexibility index (Phi) is 9.64. The number of unbranched alkanes of at least 4 members (excludes halogenated alkanes) is 5. The summed E-state index contributed by atoms with van der Waals surface area (Å²) in [5.41, 5.74) is 0.213. The topological polar surface area (TPSA) is 83.6 Å². The lowest BCUT2D eigenvalue weighted by Gasteiger charge is -2.18. The number of nitrogens with zero attached hydrogens (tertiary/aromatic N) is 2. The molecule has 0 aliphatic carbocycles. The zero-order valence-corrected chi connectivity index (χ0v) is 18.4. The van der Waals surface area contributed by atoms with Crippen molar-refractivity contribution in [1.29, 1.82) is 0 Å². The zero-order chi connectivity index (χ0) is 21.9. The fourth-order valence-corrected chi connectivity index (χ4v) is 3.33. The molecule has 0 atom stereocenters. The number of rotatable bonds is 14. The van der Waals surface area contributed by atoms with Crippen LogP contribution in [0.25, 0.3) is 10.9 Å². The van der Waals surface area contributed by atoms with Gasteiger partial charge in [0.25, 0.3) is 11.2 Å². The van der Waals surface area contributed by atoms with Gasteiger partial charge in [-0.15, -0.1) is 0 Å². The molecule has 0 radical (unpaired) electrons. The van der Waals surface area contributed by atoms with Crippen molar-refractivity contribution in [1.82, 2.24) is 4.57 Å². The van der Waals surface area contributed by atoms with Gasteiger partial charge in [-0.3, -0.25) is 14.9 Å². The number of fused-ring (bicyclic) bond motifs is 1. The van der Waals surface area contributed by atoms with Crippen LogP contribution in [0.1, 0.15) is 72.1 Å². The number of benzene rings is 1. The second kappa shape index (κ2) is 12.2. The van der Waals surface area contributed by atoms with Crippen LogP contribution >= 0.6 is 0 Å². The number of nitro groups is 1. The number of non-ortho nitro benzene ring substituents is 1. The van der Waals surface area contributed by atoms with Gasteiger partial charge >= 0.3 is 0 Å². The number of nitro benzene ring substituents is 1. The van der Waals surface area contributed by atoms with Crippen LogP contribution in [0.4, 0.5) is 5.69 Å². The highest BCUT2D eigenvalue weighted by Gasteiger charge is 2.21. The normalized spacial score (nSPS) is 11.0. The molecule has 0 amide bonds. The molecule has 0 unspecified atom stereocenters. The molecule has 1 aromatic heterocycles. The highest BCUT2D eigenvalue weighted by Crippen LogP contribution is 2.35. The second-order valence-electron chi connectivity index (χ2n) is 7.54. The van der Waals surface area contributed by atoms with Crippen molar-refractivity contribution in [2.24, 2.45) is 0 Å². The van der Waals surface area contributed by atoms with Crippen LogP contribution in [0.2, 0.25) is 0 Å². The van der Waals surface area contributed by atoms with E-state index >= 15 is 0 Å². The van der Waals surface area contributed by atoms with E-state index in [1.54, 1.807) is 10.6 Å². The first kappa shape index (κ1) is 23.7. The number of ether oxygens (including phenoxy) is 2. The van der Waals surface area contributed by atoms with Crippen molar-refractivity contribution in [3.8, 4) is 11.5 Å². The zero-order valence-electron chi connectivity index (χ0n) is 18.4. The largest absolute Gasteiger partial charge is 0.489 e. The molecule has 0 spiro atoms. The van der Waals surface area contributed by atoms with Crippen molar-refractivity contribution >= 4 is 16.6 Å². The Morgan fingerprint density at radius 2 is 1.53 bits per heavy atom. The highest BCUT2D eigenvalue weighted by atomic mass is 16.6. The quantitative estimate of drug-likeness (QED) is 0.218. The summed E-state index contributed by atoms with van der Waals surface area (Å²) in [6.07, 6.45) is 7.62. The molecule has 166 valence electrons. The smallest absolute Gasteiger partial charge is 0.297 e. The van der Waals surface area contributed by atoms with E-state index < -0.39 is 4.92 Å². The van der Waals surface area contributed by atoms with Crippen LogP contribution in [0.5, 0.6) is 11.5 Å². The van der Waals surface area contributed by atoms with Gasteiger partial charge in [-0.1, -0.05) is 52.9 Å². The maximum Gasteiger partial charge on any atom is 0.297 e. The third kappa shape index (κ3) is 5.97. The van der Waals surface area contributed by atoms with Gasteiger partial charge in [-0.05, 0) is 25.3 Å². The molecular weight excluding hydrogens is 384 g/mol. The Labute approximate surface area is 178 Å². The Morgan fingerprint density at radius 3 is 2.13 bits per heavy atom. The summed E-state index contributed by atoms with van der Waals surface area (Å²) in [7, 11) is 0. The minimum atomic E-state index is -0.436. The van der Waals surface area contributed by atoms with Crippen LogP contribution in [0.3, 0.4) is 0 Å². The average Bonchev–Trinajstić information content (AvgIpc) is 2.74. The number of aryl methyl sites for hydroxylation is 1. The molecule has 1 heterocycles. The molecule has 2 aromatic rings. The maximum atomic E-state index is 13.4. The Balaban J connectivity index is 2.61. The van der Waals surface area contributed by atoms with Crippen LogP contribution in [0, 0.1) is 10.1 Å². The molecule has 7 nitrogen and oxygen atoms in total. The lowest BCUT2D eigenvalue weighted by molar-refractivity contribution is -0.384. The molecule has 30 heavy (non-hydrogen) atoms. The molecular formula is C23H34N2O5. The van der Waals surface area contributed by atoms with E-state index in [1.807, 2.05) is 0 Å². The molecule has 1 aromatic carbocycles. The van der Waals surface area contributed by atoms with Crippen molar-refractivity contribution in [2.45, 2.75) is 78.7 Å². The van der Waals surface area contributed by atoms with Crippen LogP contribution in [-0.4, -0.2) is 22.7 Å². The Bertz CT molecular complexity index is 891. The molecule has 0 saturated carbocycles. The van der Waals surface area contributed by atoms with E-state index in [9.17, 15) is 14.9 Å². The average molecular weight is 419 g/mol. The van der Waals surface area contributed by atoms with Gasteiger partial charge in [0, 0.05) is 24.1 Å². The number of hydrogen-bond acceptors (Lipinski definition) is 5. The van der Waals surface area contributed by atoms with Gasteiger partial charge in [0.2, 0.25) is 5.75 Å². The fourth-order valence-electron chi connectivity index (χ4n) is 3.33. The fraction of sp³-hybridized carbons (Fsp3) is 0.609. The van der Waals surface area contributed by atoms with Crippen molar-refractivity contribution in [2.75, 3.05) is 13.2 Å². The van der Waals surface area contributed by atoms with Gasteiger partial charge in [0.1, 0.15) is 0 Å². The van der Waals surface area contributed by atoms with E-state index in [2.05, 4.69) is 20.8 Å². The van der Waals surface area contributed by atoms with Gasteiger partial charge in [-0.2, -0.15) is 0 Å². The van der Waals surface area contributed by atoms with E-state index in [4.69, 9.17) is 9.47 Å². The minimum Gasteiger partial charge on any atom is -0.489 e. The SMILES string of the molecule is CCCCCCn1c(=O)c(OCCCC)c(OCCCC)c2ccc([N+](=O)[O-])cc21. The molecule has 7 heteroatoms. The summed E-state index contributed by atoms with van der Waals surface area (Å²) >= 11 is 0. The van der Waals surface area contributed by atoms with Crippen molar-refractivity contribution in [3.63, 3.8) is 0 Å². The minimum absolute atomic E-state index is 0.0385. The third-order valence-corrected chi connectivity index (χ3v) is 5.10. The molecule has 0 aliphatic rings. The monoisotopic (exact) mass is 418 g/mol. The van der Waals surface area contributed by atoms with Gasteiger partial charge in [0.05, 0.1) is 23.7 Å². The van der Waals surface area contributed by atoms with Gasteiger partial charge < -0.3 is 14.0 Å². The first-order valence-corrected chi connectivity index (χ1v) is 11.2. The maximum absolute atomic E-state index is 13.4. The van der Waals surface area contributed by atoms with Gasteiger partial charge in [-0.25, -0.2) is 0 Å². The summed E-state index contributed by atoms with van der Waals surface area (Å²) in [6.45, 7) is 7.66. The van der Waals surface area contributed by atoms with E-state index in [0.29, 0.717) is 36.4 Å². The van der Waals surface area contributed by atoms with Crippen molar-refractivity contribution < 1.29 is 14.4 Å². The summed E-state index contributed by atoms with van der Waals surface area (Å²) in [5, 5.41) is 12.0. The third-order valence-electron chi connectivity index (χ3n) is 5.10. The van der Waals surface area contributed by atoms with Crippen LogP contribution in [0.15, 0.2) is 23.0 Å². The molecule has 0 bridgehead atoms. The first-order valence-electron chi connectivity index (χ1n) is 11.2. The van der Waals surface area contributed by atoms with E-state index in [0.717, 1.165) is 51.4 Å².